The van der Waals surface area contributed by atoms with Gasteiger partial charge in [-0.2, -0.15) is 5.10 Å². The average Bonchev–Trinajstić information content (AvgIpc) is 3.04. The van der Waals surface area contributed by atoms with E-state index in [0.29, 0.717) is 32.8 Å². The highest BCUT2D eigenvalue weighted by molar-refractivity contribution is 5.79. The van der Waals surface area contributed by atoms with Gasteiger partial charge >= 0.3 is 0 Å². The normalized spacial score (nSPS) is 17.7. The van der Waals surface area contributed by atoms with Crippen molar-refractivity contribution in [3.05, 3.63) is 41.2 Å². The number of methoxy groups -OCH3 is 2. The van der Waals surface area contributed by atoms with Gasteiger partial charge in [-0.25, -0.2) is 0 Å². The number of nitrogens with zero attached hydrogens (tertiary/aromatic N) is 4. The molecule has 1 saturated heterocycles. The molecule has 32 heavy (non-hydrogen) atoms. The van der Waals surface area contributed by atoms with Crippen molar-refractivity contribution >= 4 is 5.91 Å². The minimum atomic E-state index is -0.109. The van der Waals surface area contributed by atoms with Crippen molar-refractivity contribution < 1.29 is 19.0 Å². The molecule has 0 N–H and O–H groups in total. The second-order valence-electron chi connectivity index (χ2n) is 8.56. The van der Waals surface area contributed by atoms with Crippen molar-refractivity contribution in [1.82, 2.24) is 19.6 Å². The van der Waals surface area contributed by atoms with Gasteiger partial charge in [0.25, 0.3) is 0 Å². The molecule has 1 amide bonds. The van der Waals surface area contributed by atoms with Gasteiger partial charge in [-0.1, -0.05) is 0 Å². The second-order valence-corrected chi connectivity index (χ2v) is 8.56. The number of benzene rings is 1. The number of aromatic nitrogens is 2. The molecule has 1 aromatic carbocycles. The summed E-state index contributed by atoms with van der Waals surface area (Å²) in [5.74, 6) is 1.59. The number of carbonyl (C=O) groups is 1. The Hall–Kier alpha value is -2.58. The molecule has 2 heterocycles. The van der Waals surface area contributed by atoms with Gasteiger partial charge in [-0.3, -0.25) is 14.4 Å². The van der Waals surface area contributed by atoms with E-state index >= 15 is 0 Å². The van der Waals surface area contributed by atoms with Gasteiger partial charge in [0.2, 0.25) is 5.91 Å². The molecule has 1 aliphatic rings. The van der Waals surface area contributed by atoms with Crippen LogP contribution < -0.4 is 9.47 Å². The van der Waals surface area contributed by atoms with E-state index in [-0.39, 0.29) is 18.1 Å². The van der Waals surface area contributed by atoms with E-state index in [9.17, 15) is 4.79 Å². The molecule has 0 unspecified atom stereocenters. The van der Waals surface area contributed by atoms with E-state index in [1.807, 2.05) is 48.6 Å². The first-order valence-electron chi connectivity index (χ1n) is 11.2. The maximum atomic E-state index is 13.0. The Labute approximate surface area is 191 Å². The maximum absolute atomic E-state index is 13.0. The molecule has 1 aromatic heterocycles. The molecule has 3 rings (SSSR count). The highest BCUT2D eigenvalue weighted by atomic mass is 16.5. The molecule has 8 nitrogen and oxygen atoms in total. The molecule has 1 fully saturated rings. The molecule has 0 saturated carbocycles. The van der Waals surface area contributed by atoms with Crippen LogP contribution >= 0.6 is 0 Å². The molecule has 0 aliphatic carbocycles. The zero-order valence-electron chi connectivity index (χ0n) is 20.1. The van der Waals surface area contributed by atoms with Crippen LogP contribution in [-0.4, -0.2) is 71.5 Å². The third-order valence-corrected chi connectivity index (χ3v) is 5.83. The number of rotatable bonds is 9. The topological polar surface area (TPSA) is 69.1 Å². The minimum absolute atomic E-state index is 0.109. The fraction of sp³-hybridized carbons (Fsp3) is 0.583. The van der Waals surface area contributed by atoms with E-state index in [1.165, 1.54) is 0 Å². The summed E-state index contributed by atoms with van der Waals surface area (Å²) < 4.78 is 19.0. The largest absolute Gasteiger partial charge is 0.497 e. The fourth-order valence-electron chi connectivity index (χ4n) is 4.02. The summed E-state index contributed by atoms with van der Waals surface area (Å²) in [6.07, 6.45) is 1.96. The highest BCUT2D eigenvalue weighted by Crippen LogP contribution is 2.24. The Morgan fingerprint density at radius 1 is 1.12 bits per heavy atom. The van der Waals surface area contributed by atoms with E-state index in [4.69, 9.17) is 14.2 Å². The van der Waals surface area contributed by atoms with E-state index in [0.717, 1.165) is 34.9 Å². The van der Waals surface area contributed by atoms with Crippen LogP contribution in [0, 0.1) is 6.92 Å². The SMILES string of the molecule is CCn1cc(CN2CC(=O)N(C(C)C)C[C@@H](OCc3cc(OC)cc(OC)c3)C2)c(C)n1. The predicted molar refractivity (Wildman–Crippen MR) is 123 cm³/mol. The first kappa shape index (κ1) is 24.1. The van der Waals surface area contributed by atoms with Gasteiger partial charge in [0.15, 0.2) is 0 Å². The zero-order chi connectivity index (χ0) is 23.3. The number of hydrogen-bond acceptors (Lipinski definition) is 6. The maximum Gasteiger partial charge on any atom is 0.237 e. The summed E-state index contributed by atoms with van der Waals surface area (Å²) in [6, 6.07) is 5.86. The smallest absolute Gasteiger partial charge is 0.237 e. The average molecular weight is 445 g/mol. The first-order chi connectivity index (χ1) is 15.3. The Balaban J connectivity index is 1.75. The van der Waals surface area contributed by atoms with Crippen molar-refractivity contribution in [2.45, 2.75) is 59.5 Å². The van der Waals surface area contributed by atoms with Crippen molar-refractivity contribution in [2.75, 3.05) is 33.9 Å². The van der Waals surface area contributed by atoms with Crippen molar-refractivity contribution in [3.8, 4) is 11.5 Å². The fourth-order valence-corrected chi connectivity index (χ4v) is 4.02. The van der Waals surface area contributed by atoms with Gasteiger partial charge in [-0.05, 0) is 45.4 Å². The van der Waals surface area contributed by atoms with Crippen molar-refractivity contribution in [1.29, 1.82) is 0 Å². The second kappa shape index (κ2) is 10.8. The third-order valence-electron chi connectivity index (χ3n) is 5.83. The van der Waals surface area contributed by atoms with E-state index < -0.39 is 0 Å². The molecule has 1 atom stereocenters. The van der Waals surface area contributed by atoms with E-state index in [2.05, 4.69) is 23.1 Å². The highest BCUT2D eigenvalue weighted by Gasteiger charge is 2.30. The summed E-state index contributed by atoms with van der Waals surface area (Å²) in [4.78, 5) is 17.1. The Bertz CT molecular complexity index is 889. The lowest BCUT2D eigenvalue weighted by molar-refractivity contribution is -0.133. The van der Waals surface area contributed by atoms with Gasteiger partial charge < -0.3 is 19.1 Å². The van der Waals surface area contributed by atoms with Crippen LogP contribution in [0.15, 0.2) is 24.4 Å². The van der Waals surface area contributed by atoms with Gasteiger partial charge in [-0.15, -0.1) is 0 Å². The monoisotopic (exact) mass is 444 g/mol. The number of ether oxygens (including phenoxy) is 3. The summed E-state index contributed by atoms with van der Waals surface area (Å²) >= 11 is 0. The van der Waals surface area contributed by atoms with Crippen molar-refractivity contribution in [2.24, 2.45) is 0 Å². The summed E-state index contributed by atoms with van der Waals surface area (Å²) in [6.45, 7) is 11.7. The van der Waals surface area contributed by atoms with Crippen LogP contribution in [0.25, 0.3) is 0 Å². The van der Waals surface area contributed by atoms with Crippen LogP contribution in [-0.2, 0) is 29.2 Å². The van der Waals surface area contributed by atoms with Crippen LogP contribution in [0.5, 0.6) is 11.5 Å². The van der Waals surface area contributed by atoms with Crippen LogP contribution in [0.4, 0.5) is 0 Å². The lowest BCUT2D eigenvalue weighted by Gasteiger charge is -2.28. The quantitative estimate of drug-likeness (QED) is 0.592. The number of amides is 1. The van der Waals surface area contributed by atoms with Gasteiger partial charge in [0, 0.05) is 50.0 Å². The van der Waals surface area contributed by atoms with Crippen LogP contribution in [0.3, 0.4) is 0 Å². The lowest BCUT2D eigenvalue weighted by atomic mass is 10.2. The molecule has 0 radical (unpaired) electrons. The number of aryl methyl sites for hydroxylation is 2. The summed E-state index contributed by atoms with van der Waals surface area (Å²) in [5, 5.41) is 4.55. The third kappa shape index (κ3) is 6.01. The molecule has 8 heteroatoms. The number of carbonyl (C=O) groups excluding carboxylic acids is 1. The summed E-state index contributed by atoms with van der Waals surface area (Å²) in [5.41, 5.74) is 3.12. The van der Waals surface area contributed by atoms with Gasteiger partial charge in [0.05, 0.1) is 39.2 Å². The summed E-state index contributed by atoms with van der Waals surface area (Å²) in [7, 11) is 3.27. The molecule has 0 bridgehead atoms. The molecule has 176 valence electrons. The standard InChI is InChI=1S/C24H36N4O4/c1-7-27-12-20(18(4)25-27)11-26-13-23(14-28(17(2)3)24(29)15-26)32-16-19-8-21(30-5)10-22(9-19)31-6/h8-10,12,17,23H,7,11,13-16H2,1-6H3/t23-/m0/s1. The molecular formula is C24H36N4O4. The lowest BCUT2D eigenvalue weighted by Crippen LogP contribution is -2.42. The van der Waals surface area contributed by atoms with Crippen molar-refractivity contribution in [3.63, 3.8) is 0 Å². The van der Waals surface area contributed by atoms with E-state index in [1.54, 1.807) is 14.2 Å². The minimum Gasteiger partial charge on any atom is -0.497 e. The van der Waals surface area contributed by atoms with Crippen LogP contribution in [0.1, 0.15) is 37.6 Å². The van der Waals surface area contributed by atoms with Gasteiger partial charge in [0.1, 0.15) is 11.5 Å². The zero-order valence-corrected chi connectivity index (χ0v) is 20.1. The Morgan fingerprint density at radius 2 is 1.81 bits per heavy atom. The predicted octanol–water partition coefficient (Wildman–Crippen LogP) is 2.87. The molecule has 0 spiro atoms. The Morgan fingerprint density at radius 3 is 2.38 bits per heavy atom. The molecular weight excluding hydrogens is 408 g/mol. The number of hydrogen-bond donors (Lipinski definition) is 0. The molecule has 2 aromatic rings. The Kier molecular flexibility index (Phi) is 8.15. The van der Waals surface area contributed by atoms with Crippen LogP contribution in [0.2, 0.25) is 0 Å². The first-order valence-corrected chi connectivity index (χ1v) is 11.2. The molecule has 1 aliphatic heterocycles.